The predicted octanol–water partition coefficient (Wildman–Crippen LogP) is 2.88. The SMILES string of the molecule is COCCN(CC(=O)c1ccc(Cl)cc1)C(C)C. The van der Waals surface area contributed by atoms with E-state index < -0.39 is 0 Å². The van der Waals surface area contributed by atoms with E-state index in [4.69, 9.17) is 16.3 Å². The lowest BCUT2D eigenvalue weighted by atomic mass is 10.1. The van der Waals surface area contributed by atoms with Gasteiger partial charge in [-0.05, 0) is 38.1 Å². The molecule has 0 aliphatic carbocycles. The smallest absolute Gasteiger partial charge is 0.176 e. The highest BCUT2D eigenvalue weighted by atomic mass is 35.5. The van der Waals surface area contributed by atoms with Gasteiger partial charge in [0.2, 0.25) is 0 Å². The Morgan fingerprint density at radius 1 is 1.33 bits per heavy atom. The van der Waals surface area contributed by atoms with Gasteiger partial charge in [0.05, 0.1) is 13.2 Å². The van der Waals surface area contributed by atoms with Crippen LogP contribution >= 0.6 is 11.6 Å². The molecule has 1 aromatic carbocycles. The summed E-state index contributed by atoms with van der Waals surface area (Å²) in [6, 6.07) is 7.32. The highest BCUT2D eigenvalue weighted by Crippen LogP contribution is 2.11. The number of halogens is 1. The molecular weight excluding hydrogens is 250 g/mol. The van der Waals surface area contributed by atoms with Gasteiger partial charge in [-0.1, -0.05) is 11.6 Å². The van der Waals surface area contributed by atoms with E-state index in [1.54, 1.807) is 31.4 Å². The molecule has 0 atom stereocenters. The number of carbonyl (C=O) groups excluding carboxylic acids is 1. The Bertz CT molecular complexity index is 376. The highest BCUT2D eigenvalue weighted by molar-refractivity contribution is 6.30. The van der Waals surface area contributed by atoms with Crippen LogP contribution in [0.25, 0.3) is 0 Å². The van der Waals surface area contributed by atoms with Gasteiger partial charge in [0.15, 0.2) is 5.78 Å². The predicted molar refractivity (Wildman–Crippen MR) is 74.4 cm³/mol. The summed E-state index contributed by atoms with van der Waals surface area (Å²) in [4.78, 5) is 14.2. The van der Waals surface area contributed by atoms with E-state index in [1.165, 1.54) is 0 Å². The van der Waals surface area contributed by atoms with Crippen LogP contribution in [0.2, 0.25) is 5.02 Å². The molecule has 1 rings (SSSR count). The summed E-state index contributed by atoms with van der Waals surface area (Å²) < 4.78 is 5.06. The molecule has 0 unspecified atom stereocenters. The third-order valence-electron chi connectivity index (χ3n) is 2.83. The van der Waals surface area contributed by atoms with E-state index in [1.807, 2.05) is 0 Å². The lowest BCUT2D eigenvalue weighted by Gasteiger charge is -2.25. The van der Waals surface area contributed by atoms with Gasteiger partial charge >= 0.3 is 0 Å². The van der Waals surface area contributed by atoms with E-state index in [0.29, 0.717) is 29.8 Å². The van der Waals surface area contributed by atoms with Crippen molar-refractivity contribution in [3.8, 4) is 0 Å². The van der Waals surface area contributed by atoms with Gasteiger partial charge in [0, 0.05) is 30.3 Å². The number of Topliss-reactive ketones (excluding diaryl/α,β-unsaturated/α-hetero) is 1. The molecule has 18 heavy (non-hydrogen) atoms. The lowest BCUT2D eigenvalue weighted by molar-refractivity contribution is 0.0852. The molecule has 0 N–H and O–H groups in total. The lowest BCUT2D eigenvalue weighted by Crippen LogP contribution is -2.38. The first kappa shape index (κ1) is 15.2. The normalized spacial score (nSPS) is 11.2. The molecule has 0 aliphatic rings. The summed E-state index contributed by atoms with van der Waals surface area (Å²) >= 11 is 5.80. The topological polar surface area (TPSA) is 29.5 Å². The Labute approximate surface area is 114 Å². The van der Waals surface area contributed by atoms with Crippen LogP contribution in [0.3, 0.4) is 0 Å². The van der Waals surface area contributed by atoms with Crippen LogP contribution in [0, 0.1) is 0 Å². The molecule has 0 radical (unpaired) electrons. The van der Waals surface area contributed by atoms with Gasteiger partial charge in [-0.2, -0.15) is 0 Å². The molecule has 0 saturated carbocycles. The number of rotatable bonds is 7. The van der Waals surface area contributed by atoms with Crippen molar-refractivity contribution in [3.05, 3.63) is 34.9 Å². The minimum Gasteiger partial charge on any atom is -0.383 e. The van der Waals surface area contributed by atoms with E-state index >= 15 is 0 Å². The van der Waals surface area contributed by atoms with Crippen molar-refractivity contribution >= 4 is 17.4 Å². The molecule has 0 aliphatic heterocycles. The molecule has 4 heteroatoms. The van der Waals surface area contributed by atoms with Crippen LogP contribution in [-0.2, 0) is 4.74 Å². The molecule has 0 heterocycles. The van der Waals surface area contributed by atoms with E-state index in [-0.39, 0.29) is 5.78 Å². The zero-order valence-corrected chi connectivity index (χ0v) is 11.9. The summed E-state index contributed by atoms with van der Waals surface area (Å²) in [6.45, 7) is 5.94. The maximum Gasteiger partial charge on any atom is 0.176 e. The number of carbonyl (C=O) groups is 1. The van der Waals surface area contributed by atoms with Crippen molar-refractivity contribution in [1.82, 2.24) is 4.90 Å². The van der Waals surface area contributed by atoms with Crippen molar-refractivity contribution < 1.29 is 9.53 Å². The van der Waals surface area contributed by atoms with E-state index in [2.05, 4.69) is 18.7 Å². The van der Waals surface area contributed by atoms with Gasteiger partial charge in [0.25, 0.3) is 0 Å². The third-order valence-corrected chi connectivity index (χ3v) is 3.08. The maximum atomic E-state index is 12.1. The molecule has 0 spiro atoms. The van der Waals surface area contributed by atoms with Crippen molar-refractivity contribution in [2.45, 2.75) is 19.9 Å². The highest BCUT2D eigenvalue weighted by Gasteiger charge is 2.15. The zero-order valence-electron chi connectivity index (χ0n) is 11.1. The van der Waals surface area contributed by atoms with Crippen molar-refractivity contribution in [1.29, 1.82) is 0 Å². The fraction of sp³-hybridized carbons (Fsp3) is 0.500. The van der Waals surface area contributed by atoms with Gasteiger partial charge in [0.1, 0.15) is 0 Å². The average molecular weight is 270 g/mol. The molecule has 100 valence electrons. The van der Waals surface area contributed by atoms with Crippen LogP contribution in [0.15, 0.2) is 24.3 Å². The first-order chi connectivity index (χ1) is 8.54. The van der Waals surface area contributed by atoms with Crippen molar-refractivity contribution in [2.24, 2.45) is 0 Å². The van der Waals surface area contributed by atoms with Crippen LogP contribution in [0.4, 0.5) is 0 Å². The number of hydrogen-bond donors (Lipinski definition) is 0. The summed E-state index contributed by atoms with van der Waals surface area (Å²) in [5.74, 6) is 0.108. The second kappa shape index (κ2) is 7.52. The zero-order chi connectivity index (χ0) is 13.5. The first-order valence-corrected chi connectivity index (χ1v) is 6.44. The summed E-state index contributed by atoms with van der Waals surface area (Å²) in [5.41, 5.74) is 0.697. The molecule has 0 fully saturated rings. The number of ketones is 1. The first-order valence-electron chi connectivity index (χ1n) is 6.06. The van der Waals surface area contributed by atoms with Gasteiger partial charge in [-0.25, -0.2) is 0 Å². The summed E-state index contributed by atoms with van der Waals surface area (Å²) in [5, 5.41) is 0.645. The van der Waals surface area contributed by atoms with Gasteiger partial charge in [-0.3, -0.25) is 9.69 Å². The number of methoxy groups -OCH3 is 1. The second-order valence-electron chi connectivity index (χ2n) is 4.49. The van der Waals surface area contributed by atoms with Gasteiger partial charge in [-0.15, -0.1) is 0 Å². The van der Waals surface area contributed by atoms with Crippen molar-refractivity contribution in [2.75, 3.05) is 26.8 Å². The quantitative estimate of drug-likeness (QED) is 0.713. The van der Waals surface area contributed by atoms with Crippen LogP contribution in [-0.4, -0.2) is 43.5 Å². The maximum absolute atomic E-state index is 12.1. The molecule has 0 amide bonds. The number of benzene rings is 1. The van der Waals surface area contributed by atoms with E-state index in [0.717, 1.165) is 6.54 Å². The van der Waals surface area contributed by atoms with Crippen LogP contribution < -0.4 is 0 Å². The van der Waals surface area contributed by atoms with Crippen LogP contribution in [0.1, 0.15) is 24.2 Å². The van der Waals surface area contributed by atoms with Gasteiger partial charge < -0.3 is 4.74 Å². The summed E-state index contributed by atoms with van der Waals surface area (Å²) in [7, 11) is 1.67. The molecule has 3 nitrogen and oxygen atoms in total. The van der Waals surface area contributed by atoms with E-state index in [9.17, 15) is 4.79 Å². The standard InChI is InChI=1S/C14H20ClNO2/c1-11(2)16(8-9-18-3)10-14(17)12-4-6-13(15)7-5-12/h4-7,11H,8-10H2,1-3H3. The third kappa shape index (κ3) is 4.77. The Hall–Kier alpha value is -0.900. The Balaban J connectivity index is 2.63. The Morgan fingerprint density at radius 2 is 1.94 bits per heavy atom. The second-order valence-corrected chi connectivity index (χ2v) is 4.92. The summed E-state index contributed by atoms with van der Waals surface area (Å²) in [6.07, 6.45) is 0. The molecule has 0 bridgehead atoms. The monoisotopic (exact) mass is 269 g/mol. The van der Waals surface area contributed by atoms with Crippen LogP contribution in [0.5, 0.6) is 0 Å². The molecular formula is C14H20ClNO2. The minimum atomic E-state index is 0.108. The fourth-order valence-electron chi connectivity index (χ4n) is 1.64. The number of hydrogen-bond acceptors (Lipinski definition) is 3. The fourth-order valence-corrected chi connectivity index (χ4v) is 1.77. The van der Waals surface area contributed by atoms with Crippen molar-refractivity contribution in [3.63, 3.8) is 0 Å². The Morgan fingerprint density at radius 3 is 2.44 bits per heavy atom. The largest absolute Gasteiger partial charge is 0.383 e. The average Bonchev–Trinajstić information content (AvgIpc) is 2.34. The molecule has 1 aromatic rings. The minimum absolute atomic E-state index is 0.108. The molecule has 0 saturated heterocycles. The molecule has 0 aromatic heterocycles. The Kier molecular flexibility index (Phi) is 6.33. The number of nitrogens with zero attached hydrogens (tertiary/aromatic N) is 1. The number of ether oxygens (including phenoxy) is 1.